The SMILES string of the molecule is COc1ccc(C)cc1NC(=O)[C@H](C)OC(=O)COc1ccccc1C(N)=O. The van der Waals surface area contributed by atoms with Gasteiger partial charge in [-0.05, 0) is 43.7 Å². The van der Waals surface area contributed by atoms with E-state index in [9.17, 15) is 14.4 Å². The summed E-state index contributed by atoms with van der Waals surface area (Å²) in [5.41, 5.74) is 6.80. The van der Waals surface area contributed by atoms with Gasteiger partial charge in [-0.1, -0.05) is 18.2 Å². The molecule has 0 heterocycles. The first-order valence-electron chi connectivity index (χ1n) is 8.48. The summed E-state index contributed by atoms with van der Waals surface area (Å²) < 4.78 is 15.6. The number of carbonyl (C=O) groups is 3. The van der Waals surface area contributed by atoms with Gasteiger partial charge in [0.2, 0.25) is 0 Å². The summed E-state index contributed by atoms with van der Waals surface area (Å²) in [5, 5.41) is 2.66. The first-order chi connectivity index (χ1) is 13.3. The molecule has 0 aromatic heterocycles. The lowest BCUT2D eigenvalue weighted by atomic mass is 10.2. The van der Waals surface area contributed by atoms with Crippen LogP contribution >= 0.6 is 0 Å². The quantitative estimate of drug-likeness (QED) is 0.671. The number of nitrogens with one attached hydrogen (secondary N) is 1. The minimum atomic E-state index is -1.06. The van der Waals surface area contributed by atoms with Gasteiger partial charge >= 0.3 is 5.97 Å². The molecular weight excluding hydrogens is 364 g/mol. The molecule has 0 radical (unpaired) electrons. The van der Waals surface area contributed by atoms with E-state index in [2.05, 4.69) is 5.32 Å². The fourth-order valence-electron chi connectivity index (χ4n) is 2.37. The van der Waals surface area contributed by atoms with Crippen molar-refractivity contribution in [2.24, 2.45) is 5.73 Å². The van der Waals surface area contributed by atoms with Gasteiger partial charge in [0, 0.05) is 0 Å². The van der Waals surface area contributed by atoms with Gasteiger partial charge in [0.1, 0.15) is 11.5 Å². The Hall–Kier alpha value is -3.55. The van der Waals surface area contributed by atoms with E-state index >= 15 is 0 Å². The first kappa shape index (κ1) is 20.8. The minimum Gasteiger partial charge on any atom is -0.495 e. The molecule has 0 spiro atoms. The second kappa shape index (κ2) is 9.40. The van der Waals surface area contributed by atoms with E-state index in [0.29, 0.717) is 11.4 Å². The third kappa shape index (κ3) is 5.47. The molecule has 0 saturated carbocycles. The van der Waals surface area contributed by atoms with Crippen molar-refractivity contribution >= 4 is 23.5 Å². The predicted molar refractivity (Wildman–Crippen MR) is 102 cm³/mol. The van der Waals surface area contributed by atoms with Gasteiger partial charge in [-0.3, -0.25) is 9.59 Å². The number of anilines is 1. The number of hydrogen-bond acceptors (Lipinski definition) is 6. The van der Waals surface area contributed by atoms with Gasteiger partial charge in [-0.25, -0.2) is 4.79 Å². The van der Waals surface area contributed by atoms with Gasteiger partial charge < -0.3 is 25.3 Å². The Balaban J connectivity index is 1.93. The lowest BCUT2D eigenvalue weighted by molar-refractivity contribution is -0.155. The standard InChI is InChI=1S/C20H22N2O6/c1-12-8-9-17(26-3)15(10-12)22-20(25)13(2)28-18(23)11-27-16-7-5-4-6-14(16)19(21)24/h4-10,13H,11H2,1-3H3,(H2,21,24)(H,22,25)/t13-/m0/s1. The predicted octanol–water partition coefficient (Wildman–Crippen LogP) is 2.05. The monoisotopic (exact) mass is 386 g/mol. The molecule has 0 fully saturated rings. The number of methoxy groups -OCH3 is 1. The average Bonchev–Trinajstić information content (AvgIpc) is 2.66. The Labute approximate surface area is 162 Å². The van der Waals surface area contributed by atoms with Gasteiger partial charge in [-0.2, -0.15) is 0 Å². The maximum absolute atomic E-state index is 12.3. The zero-order valence-corrected chi connectivity index (χ0v) is 15.9. The van der Waals surface area contributed by atoms with Crippen molar-refractivity contribution in [2.75, 3.05) is 19.0 Å². The van der Waals surface area contributed by atoms with Crippen LogP contribution in [0.15, 0.2) is 42.5 Å². The van der Waals surface area contributed by atoms with E-state index in [4.69, 9.17) is 19.9 Å². The molecule has 2 aromatic carbocycles. The van der Waals surface area contributed by atoms with Crippen LogP contribution in [0.3, 0.4) is 0 Å². The molecule has 148 valence electrons. The number of para-hydroxylation sites is 1. The topological polar surface area (TPSA) is 117 Å². The number of primary amides is 1. The Morgan fingerprint density at radius 2 is 1.82 bits per heavy atom. The van der Waals surface area contributed by atoms with Gasteiger partial charge in [0.25, 0.3) is 11.8 Å². The Bertz CT molecular complexity index is 881. The van der Waals surface area contributed by atoms with Crippen molar-refractivity contribution in [3.8, 4) is 11.5 Å². The average molecular weight is 386 g/mol. The molecule has 1 atom stereocenters. The summed E-state index contributed by atoms with van der Waals surface area (Å²) in [5.74, 6) is -1.31. The van der Waals surface area contributed by atoms with Crippen LogP contribution < -0.4 is 20.5 Å². The lowest BCUT2D eigenvalue weighted by Crippen LogP contribution is -2.32. The lowest BCUT2D eigenvalue weighted by Gasteiger charge is -2.16. The fraction of sp³-hybridized carbons (Fsp3) is 0.250. The maximum atomic E-state index is 12.3. The zero-order valence-electron chi connectivity index (χ0n) is 15.9. The van der Waals surface area contributed by atoms with Crippen molar-refractivity contribution in [1.29, 1.82) is 0 Å². The van der Waals surface area contributed by atoms with Crippen LogP contribution in [-0.4, -0.2) is 37.6 Å². The number of amides is 2. The van der Waals surface area contributed by atoms with Gasteiger partial charge in [0.15, 0.2) is 12.7 Å². The number of aryl methyl sites for hydroxylation is 1. The summed E-state index contributed by atoms with van der Waals surface area (Å²) >= 11 is 0. The minimum absolute atomic E-state index is 0.146. The molecule has 0 aliphatic heterocycles. The van der Waals surface area contributed by atoms with E-state index in [1.165, 1.54) is 26.2 Å². The molecule has 0 aliphatic rings. The van der Waals surface area contributed by atoms with Crippen LogP contribution in [0.2, 0.25) is 0 Å². The van der Waals surface area contributed by atoms with Gasteiger partial charge in [-0.15, -0.1) is 0 Å². The van der Waals surface area contributed by atoms with E-state index < -0.39 is 30.5 Å². The number of esters is 1. The second-order valence-corrected chi connectivity index (χ2v) is 5.97. The Morgan fingerprint density at radius 3 is 2.50 bits per heavy atom. The number of hydrogen-bond donors (Lipinski definition) is 2. The third-order valence-electron chi connectivity index (χ3n) is 3.79. The molecule has 2 rings (SSSR count). The zero-order chi connectivity index (χ0) is 20.7. The molecule has 3 N–H and O–H groups in total. The largest absolute Gasteiger partial charge is 0.495 e. The van der Waals surface area contributed by atoms with Crippen LogP contribution in [0.25, 0.3) is 0 Å². The number of carbonyl (C=O) groups excluding carboxylic acids is 3. The normalized spacial score (nSPS) is 11.2. The highest BCUT2D eigenvalue weighted by atomic mass is 16.6. The highest BCUT2D eigenvalue weighted by molar-refractivity contribution is 5.97. The molecule has 28 heavy (non-hydrogen) atoms. The van der Waals surface area contributed by atoms with Crippen molar-refractivity contribution in [2.45, 2.75) is 20.0 Å². The Morgan fingerprint density at radius 1 is 1.11 bits per heavy atom. The highest BCUT2D eigenvalue weighted by Crippen LogP contribution is 2.25. The van der Waals surface area contributed by atoms with Crippen LogP contribution in [-0.2, 0) is 14.3 Å². The van der Waals surface area contributed by atoms with Crippen molar-refractivity contribution in [1.82, 2.24) is 0 Å². The molecule has 0 unspecified atom stereocenters. The molecule has 8 nitrogen and oxygen atoms in total. The summed E-state index contributed by atoms with van der Waals surface area (Å²) in [6.07, 6.45) is -1.06. The first-order valence-corrected chi connectivity index (χ1v) is 8.48. The summed E-state index contributed by atoms with van der Waals surface area (Å²) in [7, 11) is 1.49. The fourth-order valence-corrected chi connectivity index (χ4v) is 2.37. The molecule has 0 bridgehead atoms. The van der Waals surface area contributed by atoms with E-state index in [-0.39, 0.29) is 11.3 Å². The summed E-state index contributed by atoms with van der Waals surface area (Å²) in [4.78, 5) is 35.6. The van der Waals surface area contributed by atoms with Crippen molar-refractivity contribution < 1.29 is 28.6 Å². The molecule has 0 saturated heterocycles. The molecule has 0 aliphatic carbocycles. The smallest absolute Gasteiger partial charge is 0.344 e. The molecule has 8 heteroatoms. The highest BCUT2D eigenvalue weighted by Gasteiger charge is 2.20. The maximum Gasteiger partial charge on any atom is 0.344 e. The number of rotatable bonds is 8. The Kier molecular flexibility index (Phi) is 6.97. The third-order valence-corrected chi connectivity index (χ3v) is 3.79. The van der Waals surface area contributed by atoms with Crippen LogP contribution in [0.5, 0.6) is 11.5 Å². The second-order valence-electron chi connectivity index (χ2n) is 5.97. The van der Waals surface area contributed by atoms with Crippen molar-refractivity contribution in [3.05, 3.63) is 53.6 Å². The molecule has 2 amide bonds. The summed E-state index contributed by atoms with van der Waals surface area (Å²) in [6.45, 7) is 2.84. The van der Waals surface area contributed by atoms with Gasteiger partial charge in [0.05, 0.1) is 18.4 Å². The van der Waals surface area contributed by atoms with Crippen LogP contribution in [0, 0.1) is 6.92 Å². The molecule has 2 aromatic rings. The van der Waals surface area contributed by atoms with Crippen molar-refractivity contribution in [3.63, 3.8) is 0 Å². The van der Waals surface area contributed by atoms with E-state index in [0.717, 1.165) is 5.56 Å². The van der Waals surface area contributed by atoms with Crippen LogP contribution in [0.1, 0.15) is 22.8 Å². The number of ether oxygens (including phenoxy) is 3. The summed E-state index contributed by atoms with van der Waals surface area (Å²) in [6, 6.07) is 11.6. The van der Waals surface area contributed by atoms with Crippen LogP contribution in [0.4, 0.5) is 5.69 Å². The molecular formula is C20H22N2O6. The van der Waals surface area contributed by atoms with E-state index in [1.54, 1.807) is 24.3 Å². The number of nitrogens with two attached hydrogens (primary N) is 1. The number of benzene rings is 2. The van der Waals surface area contributed by atoms with E-state index in [1.807, 2.05) is 13.0 Å².